The van der Waals surface area contributed by atoms with Crippen molar-refractivity contribution in [3.63, 3.8) is 0 Å². The van der Waals surface area contributed by atoms with E-state index in [1.54, 1.807) is 0 Å². The molecule has 0 radical (unpaired) electrons. The first-order valence-electron chi connectivity index (χ1n) is 5.76. The fourth-order valence-electron chi connectivity index (χ4n) is 2.12. The van der Waals surface area contributed by atoms with Gasteiger partial charge in [-0.15, -0.1) is 0 Å². The average molecular weight is 416 g/mol. The van der Waals surface area contributed by atoms with Crippen LogP contribution in [0.5, 0.6) is 0 Å². The van der Waals surface area contributed by atoms with E-state index in [1.807, 2.05) is 6.07 Å². The molecule has 0 aliphatic carbocycles. The highest BCUT2D eigenvalue weighted by atomic mass is 127. The second kappa shape index (κ2) is 5.72. The van der Waals surface area contributed by atoms with Gasteiger partial charge in [0.05, 0.1) is 6.04 Å². The van der Waals surface area contributed by atoms with Crippen molar-refractivity contribution in [2.45, 2.75) is 19.9 Å². The van der Waals surface area contributed by atoms with E-state index in [-0.39, 0.29) is 6.04 Å². The number of nitrogens with two attached hydrogens (primary N) is 1. The summed E-state index contributed by atoms with van der Waals surface area (Å²) in [6.07, 6.45) is 0. The van der Waals surface area contributed by atoms with Gasteiger partial charge < -0.3 is 5.73 Å². The maximum Gasteiger partial charge on any atom is 0.0562 e. The minimum Gasteiger partial charge on any atom is -0.320 e. The number of benzene rings is 2. The SMILES string of the molecule is Cc1cc(C)cc(C(N)c2cc(Br)ccc2I)c1. The predicted octanol–water partition coefficient (Wildman–Crippen LogP) is 4.72. The van der Waals surface area contributed by atoms with E-state index in [0.717, 1.165) is 10.0 Å². The molecule has 94 valence electrons. The van der Waals surface area contributed by atoms with Crippen LogP contribution in [0.15, 0.2) is 40.9 Å². The first-order valence-corrected chi connectivity index (χ1v) is 7.63. The average Bonchev–Trinajstić information content (AvgIpc) is 2.30. The van der Waals surface area contributed by atoms with Crippen molar-refractivity contribution in [2.24, 2.45) is 5.73 Å². The van der Waals surface area contributed by atoms with Gasteiger partial charge in [-0.25, -0.2) is 0 Å². The van der Waals surface area contributed by atoms with Crippen molar-refractivity contribution in [1.29, 1.82) is 0 Å². The second-order valence-electron chi connectivity index (χ2n) is 4.56. The smallest absolute Gasteiger partial charge is 0.0562 e. The van der Waals surface area contributed by atoms with Gasteiger partial charge in [-0.05, 0) is 65.8 Å². The Kier molecular flexibility index (Phi) is 4.45. The summed E-state index contributed by atoms with van der Waals surface area (Å²) in [5.41, 5.74) is 11.2. The van der Waals surface area contributed by atoms with Gasteiger partial charge in [0.25, 0.3) is 0 Å². The Morgan fingerprint density at radius 2 is 1.67 bits per heavy atom. The van der Waals surface area contributed by atoms with E-state index < -0.39 is 0 Å². The molecule has 1 unspecified atom stereocenters. The summed E-state index contributed by atoms with van der Waals surface area (Å²) in [6, 6.07) is 12.6. The molecule has 0 aliphatic rings. The van der Waals surface area contributed by atoms with Crippen molar-refractivity contribution in [3.8, 4) is 0 Å². The molecule has 18 heavy (non-hydrogen) atoms. The summed E-state index contributed by atoms with van der Waals surface area (Å²) >= 11 is 5.84. The Hall–Kier alpha value is -0.390. The lowest BCUT2D eigenvalue weighted by Crippen LogP contribution is -2.13. The Balaban J connectivity index is 2.47. The quantitative estimate of drug-likeness (QED) is 0.705. The molecule has 0 heterocycles. The zero-order valence-electron chi connectivity index (χ0n) is 10.4. The largest absolute Gasteiger partial charge is 0.320 e. The van der Waals surface area contributed by atoms with Crippen LogP contribution in [0.25, 0.3) is 0 Å². The zero-order chi connectivity index (χ0) is 13.3. The topological polar surface area (TPSA) is 26.0 Å². The predicted molar refractivity (Wildman–Crippen MR) is 88.8 cm³/mol. The van der Waals surface area contributed by atoms with Gasteiger partial charge >= 0.3 is 0 Å². The Morgan fingerprint density at radius 3 is 2.28 bits per heavy atom. The van der Waals surface area contributed by atoms with Gasteiger partial charge in [0.1, 0.15) is 0 Å². The fourth-order valence-corrected chi connectivity index (χ4v) is 3.17. The number of halogens is 2. The molecule has 0 saturated carbocycles. The lowest BCUT2D eigenvalue weighted by atomic mass is 9.96. The molecule has 2 aromatic rings. The van der Waals surface area contributed by atoms with Crippen LogP contribution in [0.2, 0.25) is 0 Å². The van der Waals surface area contributed by atoms with Gasteiger partial charge in [0.2, 0.25) is 0 Å². The molecule has 1 atom stereocenters. The van der Waals surface area contributed by atoms with Gasteiger partial charge in [-0.2, -0.15) is 0 Å². The van der Waals surface area contributed by atoms with Gasteiger partial charge in [-0.1, -0.05) is 45.3 Å². The summed E-state index contributed by atoms with van der Waals surface area (Å²) in [6.45, 7) is 4.21. The zero-order valence-corrected chi connectivity index (χ0v) is 14.1. The Labute approximate surface area is 130 Å². The van der Waals surface area contributed by atoms with Crippen molar-refractivity contribution in [2.75, 3.05) is 0 Å². The number of aryl methyl sites for hydroxylation is 2. The number of hydrogen-bond donors (Lipinski definition) is 1. The second-order valence-corrected chi connectivity index (χ2v) is 6.64. The molecule has 2 rings (SSSR count). The maximum absolute atomic E-state index is 6.40. The van der Waals surface area contributed by atoms with Gasteiger partial charge in [0, 0.05) is 8.04 Å². The van der Waals surface area contributed by atoms with Crippen molar-refractivity contribution in [1.82, 2.24) is 0 Å². The van der Waals surface area contributed by atoms with E-state index in [0.29, 0.717) is 0 Å². The third-order valence-corrected chi connectivity index (χ3v) is 4.37. The minimum atomic E-state index is -0.0759. The van der Waals surface area contributed by atoms with E-state index in [4.69, 9.17) is 5.73 Å². The summed E-state index contributed by atoms with van der Waals surface area (Å²) < 4.78 is 2.26. The van der Waals surface area contributed by atoms with Crippen molar-refractivity contribution < 1.29 is 0 Å². The van der Waals surface area contributed by atoms with E-state index in [9.17, 15) is 0 Å². The maximum atomic E-state index is 6.40. The number of rotatable bonds is 2. The first kappa shape index (κ1) is 14.0. The van der Waals surface area contributed by atoms with Crippen LogP contribution in [0.1, 0.15) is 28.3 Å². The molecular weight excluding hydrogens is 401 g/mol. The number of hydrogen-bond acceptors (Lipinski definition) is 1. The molecule has 0 aromatic heterocycles. The summed E-state index contributed by atoms with van der Waals surface area (Å²) in [4.78, 5) is 0. The molecule has 0 fully saturated rings. The van der Waals surface area contributed by atoms with Crippen LogP contribution < -0.4 is 5.73 Å². The van der Waals surface area contributed by atoms with Crippen molar-refractivity contribution >= 4 is 38.5 Å². The standard InChI is InChI=1S/C15H15BrIN/c1-9-5-10(2)7-11(6-9)15(18)13-8-12(16)3-4-14(13)17/h3-8,15H,18H2,1-2H3. The van der Waals surface area contributed by atoms with Gasteiger partial charge in [0.15, 0.2) is 0 Å². The molecule has 0 saturated heterocycles. The fraction of sp³-hybridized carbons (Fsp3) is 0.200. The molecule has 0 amide bonds. The first-order chi connectivity index (χ1) is 8.47. The van der Waals surface area contributed by atoms with E-state index >= 15 is 0 Å². The summed E-state index contributed by atoms with van der Waals surface area (Å²) in [7, 11) is 0. The van der Waals surface area contributed by atoms with Crippen LogP contribution >= 0.6 is 38.5 Å². The van der Waals surface area contributed by atoms with E-state index in [1.165, 1.54) is 20.3 Å². The lowest BCUT2D eigenvalue weighted by Gasteiger charge is -2.16. The summed E-state index contributed by atoms with van der Waals surface area (Å²) in [5, 5.41) is 0. The molecule has 3 heteroatoms. The normalized spacial score (nSPS) is 12.5. The van der Waals surface area contributed by atoms with E-state index in [2.05, 4.69) is 82.7 Å². The summed E-state index contributed by atoms with van der Waals surface area (Å²) in [5.74, 6) is 0. The van der Waals surface area contributed by atoms with Crippen molar-refractivity contribution in [3.05, 3.63) is 66.7 Å². The van der Waals surface area contributed by atoms with Crippen LogP contribution in [-0.2, 0) is 0 Å². The third kappa shape index (κ3) is 3.13. The van der Waals surface area contributed by atoms with Crippen LogP contribution in [0.3, 0.4) is 0 Å². The molecule has 0 bridgehead atoms. The molecule has 2 N–H and O–H groups in total. The van der Waals surface area contributed by atoms with Crippen LogP contribution in [0.4, 0.5) is 0 Å². The molecular formula is C15H15BrIN. The Bertz CT molecular complexity index is 560. The van der Waals surface area contributed by atoms with Crippen LogP contribution in [0, 0.1) is 17.4 Å². The molecule has 2 aromatic carbocycles. The Morgan fingerprint density at radius 1 is 1.06 bits per heavy atom. The highest BCUT2D eigenvalue weighted by Crippen LogP contribution is 2.28. The third-order valence-electron chi connectivity index (χ3n) is 2.90. The minimum absolute atomic E-state index is 0.0759. The molecule has 0 aliphatic heterocycles. The highest BCUT2D eigenvalue weighted by molar-refractivity contribution is 14.1. The van der Waals surface area contributed by atoms with Gasteiger partial charge in [-0.3, -0.25) is 0 Å². The lowest BCUT2D eigenvalue weighted by molar-refractivity contribution is 0.861. The molecule has 0 spiro atoms. The monoisotopic (exact) mass is 415 g/mol. The van der Waals surface area contributed by atoms with Crippen LogP contribution in [-0.4, -0.2) is 0 Å². The highest BCUT2D eigenvalue weighted by Gasteiger charge is 2.13. The molecule has 1 nitrogen and oxygen atoms in total.